The van der Waals surface area contributed by atoms with Gasteiger partial charge in [-0.3, -0.25) is 0 Å². The molecule has 0 saturated heterocycles. The van der Waals surface area contributed by atoms with Gasteiger partial charge >= 0.3 is 0 Å². The highest BCUT2D eigenvalue weighted by atomic mass is 31.1. The molecule has 0 spiro atoms. The Bertz CT molecular complexity index is 161. The lowest BCUT2D eigenvalue weighted by Crippen LogP contribution is -2.26. The monoisotopic (exact) mass is 246 g/mol. The molecule has 2 atom stereocenters. The lowest BCUT2D eigenvalue weighted by Gasteiger charge is -2.37. The van der Waals surface area contributed by atoms with Crippen molar-refractivity contribution in [1.82, 2.24) is 0 Å². The fourth-order valence-electron chi connectivity index (χ4n) is 3.01. The van der Waals surface area contributed by atoms with Crippen LogP contribution in [0.2, 0.25) is 0 Å². The van der Waals surface area contributed by atoms with Crippen molar-refractivity contribution in [2.24, 2.45) is 11.8 Å². The van der Waals surface area contributed by atoms with Crippen LogP contribution in [-0.4, -0.2) is 4.90 Å². The second-order valence-corrected chi connectivity index (χ2v) is 8.37. The molecule has 1 aliphatic carbocycles. The molecule has 0 bridgehead atoms. The van der Waals surface area contributed by atoms with Gasteiger partial charge in [0.05, 0.1) is 0 Å². The van der Waals surface area contributed by atoms with Crippen molar-refractivity contribution in [1.29, 1.82) is 0 Å². The van der Waals surface area contributed by atoms with Crippen LogP contribution in [0, 0.1) is 11.8 Å². The molecule has 0 aromatic rings. The Balaban J connectivity index is 2.41. The van der Waals surface area contributed by atoms with Gasteiger partial charge in [0.1, 0.15) is 0 Å². The Labute approximate surface area is 101 Å². The van der Waals surface area contributed by atoms with Crippen molar-refractivity contribution in [3.8, 4) is 0 Å². The van der Waals surface area contributed by atoms with Gasteiger partial charge in [0.2, 0.25) is 0 Å². The molecule has 0 N–H and O–H groups in total. The van der Waals surface area contributed by atoms with E-state index < -0.39 is 0 Å². The maximum Gasteiger partial charge on any atom is -0.000680 e. The largest absolute Gasteiger partial charge is 0.127 e. The van der Waals surface area contributed by atoms with Crippen LogP contribution in [0.1, 0.15) is 65.2 Å². The Morgan fingerprint density at radius 3 is 1.93 bits per heavy atom. The topological polar surface area (TPSA) is 0 Å². The van der Waals surface area contributed by atoms with E-state index in [0.717, 1.165) is 11.8 Å². The van der Waals surface area contributed by atoms with Crippen LogP contribution >= 0.6 is 18.5 Å². The van der Waals surface area contributed by atoms with Crippen LogP contribution in [0.4, 0.5) is 0 Å². The first-order valence-electron chi connectivity index (χ1n) is 6.66. The number of hydrogen-bond acceptors (Lipinski definition) is 0. The van der Waals surface area contributed by atoms with Gasteiger partial charge in [0, 0.05) is 0 Å². The van der Waals surface area contributed by atoms with Crippen LogP contribution in [0.5, 0.6) is 0 Å². The molecule has 0 aliphatic heterocycles. The zero-order valence-corrected chi connectivity index (χ0v) is 12.8. The Hall–Kier alpha value is 0.860. The predicted octanol–water partition coefficient (Wildman–Crippen LogP) is 4.84. The van der Waals surface area contributed by atoms with E-state index in [1.54, 1.807) is 0 Å². The van der Waals surface area contributed by atoms with Crippen molar-refractivity contribution in [3.05, 3.63) is 0 Å². The molecule has 1 fully saturated rings. The average molecular weight is 246 g/mol. The molecule has 0 aromatic heterocycles. The first-order valence-corrected chi connectivity index (χ1v) is 7.82. The normalized spacial score (nSPS) is 22.2. The summed E-state index contributed by atoms with van der Waals surface area (Å²) < 4.78 is 0. The Kier molecular flexibility index (Phi) is 6.09. The van der Waals surface area contributed by atoms with Crippen molar-refractivity contribution in [3.63, 3.8) is 0 Å². The summed E-state index contributed by atoms with van der Waals surface area (Å²) in [6.07, 6.45) is 11.3. The maximum atomic E-state index is 3.03. The maximum absolute atomic E-state index is 3.03. The fraction of sp³-hybridized carbons (Fsp3) is 1.00. The van der Waals surface area contributed by atoms with Crippen molar-refractivity contribution >= 4 is 18.5 Å². The Morgan fingerprint density at radius 2 is 1.53 bits per heavy atom. The molecule has 2 unspecified atom stereocenters. The summed E-state index contributed by atoms with van der Waals surface area (Å²) in [6, 6.07) is 0. The molecule has 0 aromatic carbocycles. The third kappa shape index (κ3) is 4.70. The van der Waals surface area contributed by atoms with E-state index in [0.29, 0.717) is 4.90 Å². The summed E-state index contributed by atoms with van der Waals surface area (Å²) in [4.78, 5) is 0.472. The molecule has 0 heterocycles. The summed E-state index contributed by atoms with van der Waals surface area (Å²) in [5.41, 5.74) is 0. The first kappa shape index (κ1) is 13.9. The summed E-state index contributed by atoms with van der Waals surface area (Å²) >= 11 is 0. The highest BCUT2D eigenvalue weighted by molar-refractivity contribution is 7.39. The van der Waals surface area contributed by atoms with E-state index in [2.05, 4.69) is 32.3 Å². The smallest absolute Gasteiger partial charge is 0.000680 e. The van der Waals surface area contributed by atoms with Gasteiger partial charge in [0.25, 0.3) is 0 Å². The number of hydrogen-bond donors (Lipinski definition) is 0. The van der Waals surface area contributed by atoms with Crippen molar-refractivity contribution in [2.75, 3.05) is 0 Å². The van der Waals surface area contributed by atoms with E-state index in [1.165, 1.54) is 51.4 Å². The molecule has 2 heteroatoms. The molecule has 1 rings (SSSR count). The zero-order valence-electron chi connectivity index (χ0n) is 10.5. The van der Waals surface area contributed by atoms with Crippen molar-refractivity contribution in [2.45, 2.75) is 70.1 Å². The minimum absolute atomic E-state index is 0.472. The summed E-state index contributed by atoms with van der Waals surface area (Å²) in [5.74, 6) is 2.05. The van der Waals surface area contributed by atoms with E-state index in [1.807, 2.05) is 0 Å². The predicted molar refractivity (Wildman–Crippen MR) is 77.4 cm³/mol. The van der Waals surface area contributed by atoms with Crippen LogP contribution in [0.25, 0.3) is 0 Å². The van der Waals surface area contributed by atoms with Gasteiger partial charge in [-0.25, -0.2) is 0 Å². The summed E-state index contributed by atoms with van der Waals surface area (Å²) in [7, 11) is 6.06. The lowest BCUT2D eigenvalue weighted by molar-refractivity contribution is 0.219. The van der Waals surface area contributed by atoms with E-state index in [4.69, 9.17) is 0 Å². The van der Waals surface area contributed by atoms with Crippen LogP contribution in [0.15, 0.2) is 0 Å². The van der Waals surface area contributed by atoms with Crippen LogP contribution in [-0.2, 0) is 0 Å². The van der Waals surface area contributed by atoms with Gasteiger partial charge in [-0.15, -0.1) is 18.5 Å². The molecule has 15 heavy (non-hydrogen) atoms. The quantitative estimate of drug-likeness (QED) is 0.609. The van der Waals surface area contributed by atoms with E-state index in [9.17, 15) is 0 Å². The number of rotatable bonds is 5. The second-order valence-electron chi connectivity index (χ2n) is 5.41. The Morgan fingerprint density at radius 1 is 1.07 bits per heavy atom. The third-order valence-electron chi connectivity index (χ3n) is 3.95. The van der Waals surface area contributed by atoms with Crippen molar-refractivity contribution < 1.29 is 0 Å². The van der Waals surface area contributed by atoms with Gasteiger partial charge in [-0.1, -0.05) is 39.5 Å². The fourth-order valence-corrected chi connectivity index (χ4v) is 3.67. The zero-order chi connectivity index (χ0) is 11.3. The minimum Gasteiger partial charge on any atom is -0.127 e. The molecule has 1 aliphatic rings. The molecule has 0 nitrogen and oxygen atoms in total. The molecule has 1 saturated carbocycles. The molecule has 0 radical (unpaired) electrons. The van der Waals surface area contributed by atoms with Crippen LogP contribution < -0.4 is 0 Å². The molecular formula is C13H28P2. The second kappa shape index (κ2) is 6.56. The summed E-state index contributed by atoms with van der Waals surface area (Å²) in [5, 5.41) is 0. The molecular weight excluding hydrogens is 218 g/mol. The van der Waals surface area contributed by atoms with E-state index >= 15 is 0 Å². The van der Waals surface area contributed by atoms with E-state index in [-0.39, 0.29) is 0 Å². The summed E-state index contributed by atoms with van der Waals surface area (Å²) in [6.45, 7) is 4.67. The highest BCUT2D eigenvalue weighted by Gasteiger charge is 2.30. The van der Waals surface area contributed by atoms with Gasteiger partial charge < -0.3 is 0 Å². The minimum atomic E-state index is 0.472. The average Bonchev–Trinajstić information content (AvgIpc) is 2.18. The van der Waals surface area contributed by atoms with Gasteiger partial charge in [-0.05, 0) is 42.4 Å². The highest BCUT2D eigenvalue weighted by Crippen LogP contribution is 2.46. The molecule has 90 valence electrons. The van der Waals surface area contributed by atoms with Gasteiger partial charge in [0.15, 0.2) is 0 Å². The standard InChI is InChI=1S/C13H28P2/c1-3-5-11(6-4-2)12-7-9-13(14,15)10-8-12/h11-12H,3-10,14-15H2,1-2H3. The van der Waals surface area contributed by atoms with Gasteiger partial charge in [-0.2, -0.15) is 0 Å². The van der Waals surface area contributed by atoms with Crippen LogP contribution in [0.3, 0.4) is 0 Å². The first-order chi connectivity index (χ1) is 7.09. The lowest BCUT2D eigenvalue weighted by atomic mass is 9.76. The molecule has 0 amide bonds. The SMILES string of the molecule is CCCC(CCC)C1CCC(P)(P)CC1. The third-order valence-corrected chi connectivity index (χ3v) is 5.10.